The highest BCUT2D eigenvalue weighted by Gasteiger charge is 2.09. The maximum atomic E-state index is 13.1. The van der Waals surface area contributed by atoms with Crippen molar-refractivity contribution in [2.24, 2.45) is 0 Å². The second-order valence-corrected chi connectivity index (χ2v) is 3.63. The molecule has 0 aliphatic rings. The van der Waals surface area contributed by atoms with Gasteiger partial charge < -0.3 is 5.32 Å². The Labute approximate surface area is 89.6 Å². The van der Waals surface area contributed by atoms with E-state index in [0.29, 0.717) is 0 Å². The maximum Gasteiger partial charge on any atom is 0.149 e. The lowest BCUT2D eigenvalue weighted by molar-refractivity contribution is 0.580. The van der Waals surface area contributed by atoms with E-state index in [9.17, 15) is 8.78 Å². The van der Waals surface area contributed by atoms with E-state index in [1.807, 2.05) is 0 Å². The average molecular weight is 260 g/mol. The number of hydrogen-bond donors (Lipinski definition) is 1. The Hall–Kier alpha value is -1.08. The van der Waals surface area contributed by atoms with Crippen LogP contribution >= 0.6 is 15.9 Å². The second kappa shape index (κ2) is 4.43. The van der Waals surface area contributed by atoms with Gasteiger partial charge in [-0.05, 0) is 28.9 Å². The standard InChI is InChI=1S/C10H8BrF2N/c1-3-6(2)14-10-4-7(11)8(12)5-9(10)13/h1,4-6,14H,2H3. The van der Waals surface area contributed by atoms with Crippen LogP contribution in [-0.2, 0) is 0 Å². The zero-order valence-corrected chi connectivity index (χ0v) is 9.03. The lowest BCUT2D eigenvalue weighted by Crippen LogP contribution is -2.13. The summed E-state index contributed by atoms with van der Waals surface area (Å²) >= 11 is 2.96. The molecule has 0 radical (unpaired) electrons. The normalized spacial score (nSPS) is 11.9. The Balaban J connectivity index is 2.99. The summed E-state index contributed by atoms with van der Waals surface area (Å²) in [4.78, 5) is 0. The molecule has 0 aliphatic heterocycles. The van der Waals surface area contributed by atoms with Crippen LogP contribution in [-0.4, -0.2) is 6.04 Å². The number of anilines is 1. The molecule has 4 heteroatoms. The van der Waals surface area contributed by atoms with Gasteiger partial charge in [0.25, 0.3) is 0 Å². The van der Waals surface area contributed by atoms with Gasteiger partial charge in [-0.2, -0.15) is 0 Å². The molecule has 1 unspecified atom stereocenters. The van der Waals surface area contributed by atoms with Crippen molar-refractivity contribution in [1.29, 1.82) is 0 Å². The van der Waals surface area contributed by atoms with Gasteiger partial charge >= 0.3 is 0 Å². The lowest BCUT2D eigenvalue weighted by Gasteiger charge is -2.10. The van der Waals surface area contributed by atoms with Gasteiger partial charge in [-0.15, -0.1) is 6.42 Å². The molecular formula is C10H8BrF2N. The van der Waals surface area contributed by atoms with Gasteiger partial charge in [-0.3, -0.25) is 0 Å². The minimum absolute atomic E-state index is 0.184. The third-order valence-electron chi connectivity index (χ3n) is 1.63. The number of rotatable bonds is 2. The van der Waals surface area contributed by atoms with Crippen molar-refractivity contribution < 1.29 is 8.78 Å². The Kier molecular flexibility index (Phi) is 3.48. The Bertz CT molecular complexity index is 384. The number of terminal acetylenes is 1. The highest BCUT2D eigenvalue weighted by Crippen LogP contribution is 2.23. The van der Waals surface area contributed by atoms with Crippen LogP contribution in [0.3, 0.4) is 0 Å². The van der Waals surface area contributed by atoms with Gasteiger partial charge in [0.1, 0.15) is 11.6 Å². The van der Waals surface area contributed by atoms with Crippen LogP contribution in [0.4, 0.5) is 14.5 Å². The number of benzene rings is 1. The van der Waals surface area contributed by atoms with Crippen LogP contribution in [0.5, 0.6) is 0 Å². The summed E-state index contributed by atoms with van der Waals surface area (Å²) in [5.74, 6) is 1.09. The van der Waals surface area contributed by atoms with Crippen LogP contribution in [0.15, 0.2) is 16.6 Å². The largest absolute Gasteiger partial charge is 0.369 e. The van der Waals surface area contributed by atoms with Crippen LogP contribution in [0.1, 0.15) is 6.92 Å². The van der Waals surface area contributed by atoms with Crippen molar-refractivity contribution in [2.75, 3.05) is 5.32 Å². The summed E-state index contributed by atoms with van der Waals surface area (Å²) in [6.45, 7) is 1.71. The second-order valence-electron chi connectivity index (χ2n) is 2.78. The predicted octanol–water partition coefficient (Wildman–Crippen LogP) is 3.16. The molecule has 1 N–H and O–H groups in total. The smallest absolute Gasteiger partial charge is 0.149 e. The summed E-state index contributed by atoms with van der Waals surface area (Å²) in [5, 5.41) is 2.72. The summed E-state index contributed by atoms with van der Waals surface area (Å²) in [5.41, 5.74) is 0.184. The summed E-state index contributed by atoms with van der Waals surface area (Å²) < 4.78 is 26.2. The summed E-state index contributed by atoms with van der Waals surface area (Å²) in [6.07, 6.45) is 5.12. The van der Waals surface area contributed by atoms with E-state index in [4.69, 9.17) is 6.42 Å². The van der Waals surface area contributed by atoms with Crippen LogP contribution in [0.25, 0.3) is 0 Å². The summed E-state index contributed by atoms with van der Waals surface area (Å²) in [7, 11) is 0. The van der Waals surface area contributed by atoms with Gasteiger partial charge in [0.2, 0.25) is 0 Å². The van der Waals surface area contributed by atoms with E-state index in [0.717, 1.165) is 6.07 Å². The molecular weight excluding hydrogens is 252 g/mol. The van der Waals surface area contributed by atoms with Crippen LogP contribution in [0.2, 0.25) is 0 Å². The Morgan fingerprint density at radius 2 is 2.07 bits per heavy atom. The van der Waals surface area contributed by atoms with Gasteiger partial charge in [-0.1, -0.05) is 5.92 Å². The first-order chi connectivity index (χ1) is 6.54. The third-order valence-corrected chi connectivity index (χ3v) is 2.24. The predicted molar refractivity (Wildman–Crippen MR) is 56.0 cm³/mol. The molecule has 0 amide bonds. The zero-order valence-electron chi connectivity index (χ0n) is 7.44. The Morgan fingerprint density at radius 3 is 2.64 bits per heavy atom. The quantitative estimate of drug-likeness (QED) is 0.636. The topological polar surface area (TPSA) is 12.0 Å². The molecule has 1 nitrogen and oxygen atoms in total. The van der Waals surface area contributed by atoms with Crippen LogP contribution in [0, 0.1) is 24.0 Å². The molecule has 1 aromatic rings. The molecule has 1 rings (SSSR count). The van der Waals surface area contributed by atoms with Gasteiger partial charge in [0.15, 0.2) is 0 Å². The molecule has 1 atom stereocenters. The van der Waals surface area contributed by atoms with Crippen LogP contribution < -0.4 is 5.32 Å². The SMILES string of the molecule is C#CC(C)Nc1cc(Br)c(F)cc1F. The Morgan fingerprint density at radius 1 is 1.43 bits per heavy atom. The van der Waals surface area contributed by atoms with Gasteiger partial charge in [-0.25, -0.2) is 8.78 Å². The monoisotopic (exact) mass is 259 g/mol. The third kappa shape index (κ3) is 2.46. The van der Waals surface area contributed by atoms with Crippen molar-refractivity contribution in [3.63, 3.8) is 0 Å². The molecule has 0 aliphatic carbocycles. The molecule has 0 saturated heterocycles. The lowest BCUT2D eigenvalue weighted by atomic mass is 10.2. The molecule has 14 heavy (non-hydrogen) atoms. The average Bonchev–Trinajstić information content (AvgIpc) is 2.14. The first kappa shape index (κ1) is 11.0. The van der Waals surface area contributed by atoms with Crippen molar-refractivity contribution in [3.05, 3.63) is 28.2 Å². The fourth-order valence-corrected chi connectivity index (χ4v) is 1.25. The molecule has 74 valence electrons. The van der Waals surface area contributed by atoms with Crippen molar-refractivity contribution >= 4 is 21.6 Å². The van der Waals surface area contributed by atoms with Crippen molar-refractivity contribution in [2.45, 2.75) is 13.0 Å². The highest BCUT2D eigenvalue weighted by molar-refractivity contribution is 9.10. The van der Waals surface area contributed by atoms with E-state index in [2.05, 4.69) is 27.2 Å². The first-order valence-corrected chi connectivity index (χ1v) is 4.71. The van der Waals surface area contributed by atoms with Gasteiger partial charge in [0, 0.05) is 6.07 Å². The molecule has 1 aromatic carbocycles. The molecule has 0 fully saturated rings. The van der Waals surface area contributed by atoms with E-state index in [1.165, 1.54) is 6.07 Å². The molecule has 0 spiro atoms. The molecule has 0 aromatic heterocycles. The van der Waals surface area contributed by atoms with Crippen molar-refractivity contribution in [3.8, 4) is 12.3 Å². The minimum atomic E-state index is -0.659. The fourth-order valence-electron chi connectivity index (χ4n) is 0.908. The van der Waals surface area contributed by atoms with E-state index >= 15 is 0 Å². The maximum absolute atomic E-state index is 13.1. The van der Waals surface area contributed by atoms with E-state index < -0.39 is 11.6 Å². The van der Waals surface area contributed by atoms with Crippen molar-refractivity contribution in [1.82, 2.24) is 0 Å². The van der Waals surface area contributed by atoms with E-state index in [-0.39, 0.29) is 16.2 Å². The first-order valence-electron chi connectivity index (χ1n) is 3.92. The van der Waals surface area contributed by atoms with E-state index in [1.54, 1.807) is 6.92 Å². The number of nitrogens with one attached hydrogen (secondary N) is 1. The number of halogens is 3. The summed E-state index contributed by atoms with van der Waals surface area (Å²) in [6, 6.07) is 1.82. The molecule has 0 saturated carbocycles. The van der Waals surface area contributed by atoms with Gasteiger partial charge in [0.05, 0.1) is 16.2 Å². The molecule has 0 bridgehead atoms. The fraction of sp³-hybridized carbons (Fsp3) is 0.200. The minimum Gasteiger partial charge on any atom is -0.369 e. The molecule has 0 heterocycles. The highest BCUT2D eigenvalue weighted by atomic mass is 79.9. The zero-order chi connectivity index (χ0) is 10.7. The number of hydrogen-bond acceptors (Lipinski definition) is 1.